The van der Waals surface area contributed by atoms with E-state index >= 15 is 0 Å². The monoisotopic (exact) mass is 699 g/mol. The van der Waals surface area contributed by atoms with Crippen molar-refractivity contribution in [3.8, 4) is 23.0 Å². The first-order valence-corrected chi connectivity index (χ1v) is 17.4. The van der Waals surface area contributed by atoms with Gasteiger partial charge in [-0.15, -0.1) is 0 Å². The van der Waals surface area contributed by atoms with Crippen LogP contribution in [0.25, 0.3) is 0 Å². The molecule has 4 amide bonds. The van der Waals surface area contributed by atoms with Crippen LogP contribution in [0.3, 0.4) is 0 Å². The molecular weight excluding hydrogens is 667 g/mol. The lowest BCUT2D eigenvalue weighted by Gasteiger charge is -2.16. The summed E-state index contributed by atoms with van der Waals surface area (Å²) in [5.74, 6) is 2.28. The van der Waals surface area contributed by atoms with Gasteiger partial charge in [0.1, 0.15) is 23.0 Å². The summed E-state index contributed by atoms with van der Waals surface area (Å²) in [5, 5.41) is 10.9. The molecule has 11 nitrogen and oxygen atoms in total. The number of hydrogen-bond donors (Lipinski definition) is 5. The third-order valence-corrected chi connectivity index (χ3v) is 8.43. The lowest BCUT2D eigenvalue weighted by molar-refractivity contribution is 0.261. The average Bonchev–Trinajstić information content (AvgIpc) is 3.12. The van der Waals surface area contributed by atoms with Crippen LogP contribution in [-0.2, 0) is 15.8 Å². The second-order valence-electron chi connectivity index (χ2n) is 11.1. The van der Waals surface area contributed by atoms with Crippen molar-refractivity contribution in [1.82, 2.24) is 0 Å². The van der Waals surface area contributed by atoms with Crippen molar-refractivity contribution in [3.05, 3.63) is 163 Å². The van der Waals surface area contributed by atoms with Gasteiger partial charge < -0.3 is 30.7 Å². The summed E-state index contributed by atoms with van der Waals surface area (Å²) in [5.41, 5.74) is 2.10. The molecule has 0 aliphatic heterocycles. The molecule has 12 heteroatoms. The number of benzene rings is 6. The molecule has 0 saturated heterocycles. The maximum absolute atomic E-state index is 13.2. The summed E-state index contributed by atoms with van der Waals surface area (Å²) in [6.07, 6.45) is 0. The van der Waals surface area contributed by atoms with Crippen LogP contribution in [0.2, 0.25) is 0 Å². The predicted molar refractivity (Wildman–Crippen MR) is 200 cm³/mol. The Bertz CT molecular complexity index is 2190. The Morgan fingerprint density at radius 1 is 0.451 bits per heavy atom. The van der Waals surface area contributed by atoms with E-state index in [9.17, 15) is 18.0 Å². The number of rotatable bonds is 12. The Hall–Kier alpha value is -6.79. The number of amides is 4. The van der Waals surface area contributed by atoms with Crippen molar-refractivity contribution in [2.24, 2.45) is 0 Å². The molecule has 0 radical (unpaired) electrons. The van der Waals surface area contributed by atoms with Crippen LogP contribution in [0.5, 0.6) is 23.0 Å². The number of para-hydroxylation sites is 2. The van der Waals surface area contributed by atoms with Gasteiger partial charge >= 0.3 is 12.1 Å². The SMILES string of the molecule is O=C(Nc1ccc(Oc2ccccc2)cc1)Nc1ccc(NS(=O)(=O)Cc2ccccc2)cc1NC(=O)Nc1ccc(Oc2ccccc2)cc1. The number of nitrogens with one attached hydrogen (secondary N) is 5. The van der Waals surface area contributed by atoms with E-state index in [1.54, 1.807) is 78.9 Å². The molecule has 5 N–H and O–H groups in total. The van der Waals surface area contributed by atoms with E-state index in [0.29, 0.717) is 39.9 Å². The molecule has 0 spiro atoms. The van der Waals surface area contributed by atoms with Gasteiger partial charge in [0.2, 0.25) is 10.0 Å². The minimum atomic E-state index is -3.81. The molecule has 0 atom stereocenters. The van der Waals surface area contributed by atoms with Gasteiger partial charge in [0.25, 0.3) is 0 Å². The van der Waals surface area contributed by atoms with Gasteiger partial charge in [-0.2, -0.15) is 0 Å². The van der Waals surface area contributed by atoms with Gasteiger partial charge in [0, 0.05) is 11.4 Å². The number of carbonyl (C=O) groups excluding carboxylic acids is 2. The molecule has 256 valence electrons. The fraction of sp³-hybridized carbons (Fsp3) is 0.0256. The van der Waals surface area contributed by atoms with E-state index in [1.165, 1.54) is 18.2 Å². The van der Waals surface area contributed by atoms with Crippen LogP contribution in [0.4, 0.5) is 38.0 Å². The number of carbonyl (C=O) groups is 2. The van der Waals surface area contributed by atoms with E-state index in [2.05, 4.69) is 26.0 Å². The zero-order valence-corrected chi connectivity index (χ0v) is 27.9. The summed E-state index contributed by atoms with van der Waals surface area (Å²) in [7, 11) is -3.81. The smallest absolute Gasteiger partial charge is 0.323 e. The summed E-state index contributed by atoms with van der Waals surface area (Å²) < 4.78 is 40.1. The molecule has 0 saturated carbocycles. The van der Waals surface area contributed by atoms with Crippen LogP contribution in [-0.4, -0.2) is 20.5 Å². The van der Waals surface area contributed by atoms with Crippen LogP contribution in [0.1, 0.15) is 5.56 Å². The minimum Gasteiger partial charge on any atom is -0.457 e. The second kappa shape index (κ2) is 16.1. The molecule has 6 rings (SSSR count). The highest BCUT2D eigenvalue weighted by Gasteiger charge is 2.16. The summed E-state index contributed by atoms with van der Waals surface area (Å²) in [6.45, 7) is 0. The molecule has 51 heavy (non-hydrogen) atoms. The average molecular weight is 700 g/mol. The van der Waals surface area contributed by atoms with Gasteiger partial charge in [-0.05, 0) is 96.6 Å². The first-order valence-electron chi connectivity index (χ1n) is 15.8. The zero-order chi connectivity index (χ0) is 35.5. The van der Waals surface area contributed by atoms with Crippen molar-refractivity contribution >= 4 is 50.5 Å². The summed E-state index contributed by atoms with van der Waals surface area (Å²) >= 11 is 0. The van der Waals surface area contributed by atoms with Crippen molar-refractivity contribution in [2.45, 2.75) is 5.75 Å². The topological polar surface area (TPSA) is 147 Å². The van der Waals surface area contributed by atoms with Crippen LogP contribution in [0, 0.1) is 0 Å². The number of hydrogen-bond acceptors (Lipinski definition) is 6. The zero-order valence-electron chi connectivity index (χ0n) is 27.1. The van der Waals surface area contributed by atoms with Gasteiger partial charge in [0.05, 0.1) is 22.8 Å². The number of sulfonamides is 1. The molecule has 0 aliphatic carbocycles. The number of anilines is 5. The quantitative estimate of drug-likeness (QED) is 0.0860. The van der Waals surface area contributed by atoms with E-state index < -0.39 is 22.1 Å². The van der Waals surface area contributed by atoms with Crippen LogP contribution < -0.4 is 35.5 Å². The normalized spacial score (nSPS) is 10.7. The Kier molecular flexibility index (Phi) is 10.7. The van der Waals surface area contributed by atoms with E-state index in [-0.39, 0.29) is 22.8 Å². The fourth-order valence-electron chi connectivity index (χ4n) is 4.86. The van der Waals surface area contributed by atoms with Crippen molar-refractivity contribution < 1.29 is 27.5 Å². The molecule has 6 aromatic carbocycles. The molecule has 0 heterocycles. The first-order chi connectivity index (χ1) is 24.8. The maximum atomic E-state index is 13.2. The standard InChI is InChI=1S/C39H33N5O6S/c45-38(40-29-16-21-34(22-17-29)49-32-12-6-2-7-13-32)42-36-25-20-31(44-51(47,48)27-28-10-4-1-5-11-28)26-37(36)43-39(46)41-30-18-23-35(24-19-30)50-33-14-8-3-9-15-33/h1-26,44H,27H2,(H2,40,42,45)(H2,41,43,46). The highest BCUT2D eigenvalue weighted by molar-refractivity contribution is 7.91. The predicted octanol–water partition coefficient (Wildman–Crippen LogP) is 9.50. The van der Waals surface area contributed by atoms with E-state index in [4.69, 9.17) is 9.47 Å². The summed E-state index contributed by atoms with van der Waals surface area (Å²) in [6, 6.07) is 44.1. The Morgan fingerprint density at radius 3 is 1.35 bits per heavy atom. The van der Waals surface area contributed by atoms with Crippen LogP contribution in [0.15, 0.2) is 158 Å². The lowest BCUT2D eigenvalue weighted by Crippen LogP contribution is -2.23. The van der Waals surface area contributed by atoms with Gasteiger partial charge in [-0.3, -0.25) is 4.72 Å². The Labute approximate surface area is 295 Å². The minimum absolute atomic E-state index is 0.137. The number of urea groups is 2. The molecule has 0 fully saturated rings. The molecule has 0 aliphatic rings. The third kappa shape index (κ3) is 10.3. The van der Waals surface area contributed by atoms with Crippen molar-refractivity contribution in [2.75, 3.05) is 26.0 Å². The van der Waals surface area contributed by atoms with Crippen molar-refractivity contribution in [1.29, 1.82) is 0 Å². The highest BCUT2D eigenvalue weighted by atomic mass is 32.2. The third-order valence-electron chi connectivity index (χ3n) is 7.17. The lowest BCUT2D eigenvalue weighted by atomic mass is 10.2. The van der Waals surface area contributed by atoms with Gasteiger partial charge in [-0.1, -0.05) is 66.7 Å². The van der Waals surface area contributed by atoms with E-state index in [0.717, 1.165) is 0 Å². The largest absolute Gasteiger partial charge is 0.457 e. The maximum Gasteiger partial charge on any atom is 0.323 e. The van der Waals surface area contributed by atoms with Gasteiger partial charge in [-0.25, -0.2) is 18.0 Å². The Balaban J connectivity index is 1.14. The molecule has 0 unspecified atom stereocenters. The molecule has 6 aromatic rings. The Morgan fingerprint density at radius 2 is 0.863 bits per heavy atom. The van der Waals surface area contributed by atoms with E-state index in [1.807, 2.05) is 60.7 Å². The first kappa shape index (κ1) is 34.1. The molecule has 0 aromatic heterocycles. The van der Waals surface area contributed by atoms with Crippen LogP contribution >= 0.6 is 0 Å². The molecule has 0 bridgehead atoms. The molecular formula is C39H33N5O6S. The highest BCUT2D eigenvalue weighted by Crippen LogP contribution is 2.29. The van der Waals surface area contributed by atoms with Gasteiger partial charge in [0.15, 0.2) is 0 Å². The fourth-order valence-corrected chi connectivity index (χ4v) is 6.05. The number of ether oxygens (including phenoxy) is 2. The van der Waals surface area contributed by atoms with Crippen molar-refractivity contribution in [3.63, 3.8) is 0 Å². The second-order valence-corrected chi connectivity index (χ2v) is 12.9. The summed E-state index contributed by atoms with van der Waals surface area (Å²) in [4.78, 5) is 26.2.